The van der Waals surface area contributed by atoms with Gasteiger partial charge in [-0.25, -0.2) is 9.48 Å². The summed E-state index contributed by atoms with van der Waals surface area (Å²) in [6.07, 6.45) is 1.10. The van der Waals surface area contributed by atoms with Gasteiger partial charge in [0, 0.05) is 12.1 Å². The quantitative estimate of drug-likeness (QED) is 0.434. The Kier molecular flexibility index (Phi) is 7.01. The first-order valence-corrected chi connectivity index (χ1v) is 10.3. The Morgan fingerprint density at radius 1 is 0.909 bits per heavy atom. The second-order valence-electron chi connectivity index (χ2n) is 7.24. The molecule has 0 aliphatic rings. The number of carbonyl (C=O) groups is 2. The number of amides is 2. The average molecular weight is 442 g/mol. The number of nitrogens with zero attached hydrogens (tertiary/aromatic N) is 4. The topological polar surface area (TPSA) is 111 Å². The lowest BCUT2D eigenvalue weighted by Crippen LogP contribution is -2.45. The maximum absolute atomic E-state index is 13.1. The lowest BCUT2D eigenvalue weighted by molar-refractivity contribution is -0.118. The summed E-state index contributed by atoms with van der Waals surface area (Å²) in [6.45, 7) is 0.111. The molecular weight excluding hydrogens is 420 g/mol. The van der Waals surface area contributed by atoms with Crippen molar-refractivity contribution < 1.29 is 14.3 Å². The molecule has 1 aromatic heterocycles. The van der Waals surface area contributed by atoms with Crippen LogP contribution in [0.15, 0.2) is 91.3 Å². The van der Waals surface area contributed by atoms with E-state index >= 15 is 0 Å². The minimum atomic E-state index is -0.840. The Morgan fingerprint density at radius 3 is 2.33 bits per heavy atom. The predicted molar refractivity (Wildman–Crippen MR) is 121 cm³/mol. The molecule has 0 aliphatic heterocycles. The number of ether oxygens (including phenoxy) is 1. The van der Waals surface area contributed by atoms with Crippen molar-refractivity contribution in [2.75, 3.05) is 5.32 Å². The standard InChI is InChI=1S/C24H22N6O3/c31-23(26-20-12-7-13-21(15-20)30-17-25-28-29-30)22(14-18-8-3-1-4-9-18)27-24(32)33-16-19-10-5-2-6-11-19/h1-13,15,17,22H,14,16H2,(H,26,31)(H,27,32)/t22-/m1/s1. The Bertz CT molecular complexity index is 1180. The van der Waals surface area contributed by atoms with E-state index in [0.717, 1.165) is 11.1 Å². The smallest absolute Gasteiger partial charge is 0.408 e. The molecule has 4 aromatic rings. The van der Waals surface area contributed by atoms with Crippen molar-refractivity contribution in [3.63, 3.8) is 0 Å². The molecule has 166 valence electrons. The monoisotopic (exact) mass is 442 g/mol. The molecule has 1 heterocycles. The molecule has 2 amide bonds. The second-order valence-corrected chi connectivity index (χ2v) is 7.24. The maximum atomic E-state index is 13.1. The van der Waals surface area contributed by atoms with Gasteiger partial charge in [0.1, 0.15) is 19.0 Å². The van der Waals surface area contributed by atoms with Crippen molar-refractivity contribution >= 4 is 17.7 Å². The van der Waals surface area contributed by atoms with Gasteiger partial charge in [0.25, 0.3) is 0 Å². The molecule has 9 heteroatoms. The summed E-state index contributed by atoms with van der Waals surface area (Å²) in [5.74, 6) is -0.371. The molecule has 9 nitrogen and oxygen atoms in total. The summed E-state index contributed by atoms with van der Waals surface area (Å²) >= 11 is 0. The number of nitrogens with one attached hydrogen (secondary N) is 2. The van der Waals surface area contributed by atoms with Crippen LogP contribution in [0.2, 0.25) is 0 Å². The van der Waals surface area contributed by atoms with Gasteiger partial charge < -0.3 is 15.4 Å². The molecule has 1 atom stereocenters. The predicted octanol–water partition coefficient (Wildman–Crippen LogP) is 3.14. The molecule has 0 bridgehead atoms. The molecule has 2 N–H and O–H groups in total. The van der Waals surface area contributed by atoms with Crippen LogP contribution in [0.1, 0.15) is 11.1 Å². The molecule has 3 aromatic carbocycles. The van der Waals surface area contributed by atoms with Gasteiger partial charge in [-0.3, -0.25) is 4.79 Å². The summed E-state index contributed by atoms with van der Waals surface area (Å²) in [7, 11) is 0. The third-order valence-electron chi connectivity index (χ3n) is 4.83. The highest BCUT2D eigenvalue weighted by Crippen LogP contribution is 2.14. The average Bonchev–Trinajstić information content (AvgIpc) is 3.39. The van der Waals surface area contributed by atoms with E-state index in [1.807, 2.05) is 66.7 Å². The number of hydrogen-bond donors (Lipinski definition) is 2. The molecule has 0 aliphatic carbocycles. The fourth-order valence-electron chi connectivity index (χ4n) is 3.20. The highest BCUT2D eigenvalue weighted by atomic mass is 16.5. The van der Waals surface area contributed by atoms with Crippen molar-refractivity contribution in [2.24, 2.45) is 0 Å². The summed E-state index contributed by atoms with van der Waals surface area (Å²) in [5.41, 5.74) is 3.00. The number of tetrazole rings is 1. The van der Waals surface area contributed by atoms with Crippen LogP contribution in [-0.2, 0) is 22.6 Å². The third-order valence-corrected chi connectivity index (χ3v) is 4.83. The van der Waals surface area contributed by atoms with Crippen LogP contribution in [0.25, 0.3) is 5.69 Å². The first-order chi connectivity index (χ1) is 16.2. The molecule has 0 saturated heterocycles. The lowest BCUT2D eigenvalue weighted by atomic mass is 10.1. The summed E-state index contributed by atoms with van der Waals surface area (Å²) < 4.78 is 6.79. The fraction of sp³-hybridized carbons (Fsp3) is 0.125. The van der Waals surface area contributed by atoms with E-state index in [1.54, 1.807) is 18.2 Å². The van der Waals surface area contributed by atoms with Crippen molar-refractivity contribution in [3.8, 4) is 5.69 Å². The fourth-order valence-corrected chi connectivity index (χ4v) is 3.20. The van der Waals surface area contributed by atoms with E-state index < -0.39 is 12.1 Å². The molecule has 0 saturated carbocycles. The zero-order valence-corrected chi connectivity index (χ0v) is 17.7. The number of hydrogen-bond acceptors (Lipinski definition) is 6. The first kappa shape index (κ1) is 21.7. The molecular formula is C24H22N6O3. The van der Waals surface area contributed by atoms with Gasteiger partial charge in [-0.15, -0.1) is 5.10 Å². The normalized spacial score (nSPS) is 11.4. The third kappa shape index (κ3) is 6.23. The Balaban J connectivity index is 1.45. The summed E-state index contributed by atoms with van der Waals surface area (Å²) in [6, 6.07) is 25.0. The van der Waals surface area contributed by atoms with E-state index in [-0.39, 0.29) is 12.5 Å². The highest BCUT2D eigenvalue weighted by molar-refractivity contribution is 5.97. The van der Waals surface area contributed by atoms with E-state index in [0.29, 0.717) is 17.8 Å². The summed E-state index contributed by atoms with van der Waals surface area (Å²) in [5, 5.41) is 16.6. The molecule has 0 radical (unpaired) electrons. The SMILES string of the molecule is O=C(N[C@H](Cc1ccccc1)C(=O)Nc1cccc(-n2cnnn2)c1)OCc1ccccc1. The number of carbonyl (C=O) groups excluding carboxylic acids is 2. The zero-order valence-electron chi connectivity index (χ0n) is 17.7. The van der Waals surface area contributed by atoms with Crippen molar-refractivity contribution in [2.45, 2.75) is 19.1 Å². The number of rotatable bonds is 8. The molecule has 0 spiro atoms. The van der Waals surface area contributed by atoms with Gasteiger partial charge in [-0.2, -0.15) is 0 Å². The van der Waals surface area contributed by atoms with Gasteiger partial charge in [0.15, 0.2) is 0 Å². The van der Waals surface area contributed by atoms with E-state index in [9.17, 15) is 9.59 Å². The highest BCUT2D eigenvalue weighted by Gasteiger charge is 2.22. The lowest BCUT2D eigenvalue weighted by Gasteiger charge is -2.19. The van der Waals surface area contributed by atoms with Gasteiger partial charge in [-0.1, -0.05) is 66.7 Å². The number of aromatic nitrogens is 4. The Hall–Kier alpha value is -4.53. The summed E-state index contributed by atoms with van der Waals surface area (Å²) in [4.78, 5) is 25.5. The minimum Gasteiger partial charge on any atom is -0.445 e. The van der Waals surface area contributed by atoms with Crippen molar-refractivity contribution in [3.05, 3.63) is 102 Å². The van der Waals surface area contributed by atoms with Crippen LogP contribution in [0.3, 0.4) is 0 Å². The largest absolute Gasteiger partial charge is 0.445 e. The van der Waals surface area contributed by atoms with Gasteiger partial charge in [0.05, 0.1) is 5.69 Å². The zero-order chi connectivity index (χ0) is 22.9. The van der Waals surface area contributed by atoms with E-state index in [1.165, 1.54) is 11.0 Å². The molecule has 0 unspecified atom stereocenters. The first-order valence-electron chi connectivity index (χ1n) is 10.3. The molecule has 33 heavy (non-hydrogen) atoms. The molecule has 0 fully saturated rings. The van der Waals surface area contributed by atoms with Crippen LogP contribution in [-0.4, -0.2) is 38.2 Å². The van der Waals surface area contributed by atoms with E-state index in [4.69, 9.17) is 4.74 Å². The van der Waals surface area contributed by atoms with Gasteiger partial charge in [-0.05, 0) is 39.8 Å². The second kappa shape index (κ2) is 10.7. The van der Waals surface area contributed by atoms with Crippen LogP contribution < -0.4 is 10.6 Å². The number of benzene rings is 3. The van der Waals surface area contributed by atoms with E-state index in [2.05, 4.69) is 26.2 Å². The Labute approximate surface area is 190 Å². The minimum absolute atomic E-state index is 0.111. The number of alkyl carbamates (subject to hydrolysis) is 1. The van der Waals surface area contributed by atoms with Crippen molar-refractivity contribution in [1.29, 1.82) is 0 Å². The maximum Gasteiger partial charge on any atom is 0.408 e. The van der Waals surface area contributed by atoms with Gasteiger partial charge >= 0.3 is 6.09 Å². The Morgan fingerprint density at radius 2 is 1.64 bits per heavy atom. The van der Waals surface area contributed by atoms with Crippen molar-refractivity contribution in [1.82, 2.24) is 25.5 Å². The van der Waals surface area contributed by atoms with Gasteiger partial charge in [0.2, 0.25) is 5.91 Å². The van der Waals surface area contributed by atoms with Crippen LogP contribution in [0.4, 0.5) is 10.5 Å². The molecule has 4 rings (SSSR count). The van der Waals surface area contributed by atoms with Crippen LogP contribution in [0, 0.1) is 0 Å². The number of anilines is 1. The van der Waals surface area contributed by atoms with Crippen LogP contribution in [0.5, 0.6) is 0 Å². The van der Waals surface area contributed by atoms with Crippen LogP contribution >= 0.6 is 0 Å².